The lowest BCUT2D eigenvalue weighted by molar-refractivity contribution is 0.366. The van der Waals surface area contributed by atoms with E-state index in [9.17, 15) is 22.0 Å². The average molecular weight is 603 g/mol. The van der Waals surface area contributed by atoms with Crippen molar-refractivity contribution in [3.05, 3.63) is 91.2 Å². The summed E-state index contributed by atoms with van der Waals surface area (Å²) >= 11 is 17.6. The number of nitrogens with zero attached hydrogens (tertiary/aromatic N) is 4. The Kier molecular flexibility index (Phi) is 8.20. The number of rotatable bonds is 6. The average Bonchev–Trinajstić information content (AvgIpc) is 3.30. The molecule has 0 saturated carbocycles. The molecule has 206 valence electrons. The Hall–Kier alpha value is -3.22. The highest BCUT2D eigenvalue weighted by atomic mass is 35.5. The smallest absolute Gasteiger partial charge is 0.200 e. The van der Waals surface area contributed by atoms with E-state index in [1.54, 1.807) is 30.7 Å². The molecule has 0 aliphatic carbocycles. The number of benzene rings is 2. The number of halogens is 7. The molecular weight excluding hydrogens is 582 g/mol. The summed E-state index contributed by atoms with van der Waals surface area (Å²) in [7, 11) is 0. The Morgan fingerprint density at radius 2 is 1.21 bits per heavy atom. The van der Waals surface area contributed by atoms with Crippen LogP contribution in [0.15, 0.2) is 18.2 Å². The lowest BCUT2D eigenvalue weighted by Gasteiger charge is -2.13. The fraction of sp³-hybridized carbons (Fsp3) is 0.240. The van der Waals surface area contributed by atoms with Crippen molar-refractivity contribution < 1.29 is 22.0 Å². The van der Waals surface area contributed by atoms with Gasteiger partial charge in [-0.25, -0.2) is 22.0 Å². The van der Waals surface area contributed by atoms with Gasteiger partial charge in [-0.15, -0.1) is 0 Å². The molecule has 0 unspecified atom stereocenters. The van der Waals surface area contributed by atoms with Gasteiger partial charge in [0.25, 0.3) is 0 Å². The van der Waals surface area contributed by atoms with Crippen molar-refractivity contribution in [1.82, 2.24) is 19.6 Å². The van der Waals surface area contributed by atoms with Crippen LogP contribution in [-0.4, -0.2) is 24.7 Å². The maximum Gasteiger partial charge on any atom is 0.200 e. The zero-order valence-electron chi connectivity index (χ0n) is 21.0. The maximum absolute atomic E-state index is 14.2. The lowest BCUT2D eigenvalue weighted by Crippen LogP contribution is -2.21. The van der Waals surface area contributed by atoms with Crippen LogP contribution >= 0.6 is 35.4 Å². The zero-order valence-corrected chi connectivity index (χ0v) is 23.3. The molecule has 2 aromatic carbocycles. The highest BCUT2D eigenvalue weighted by Crippen LogP contribution is 2.28. The first-order valence-corrected chi connectivity index (χ1v) is 12.6. The van der Waals surface area contributed by atoms with Gasteiger partial charge in [-0.1, -0.05) is 29.3 Å². The van der Waals surface area contributed by atoms with Crippen LogP contribution in [0.3, 0.4) is 0 Å². The van der Waals surface area contributed by atoms with Crippen molar-refractivity contribution >= 4 is 51.9 Å². The second-order valence-electron chi connectivity index (χ2n) is 8.78. The van der Waals surface area contributed by atoms with E-state index in [-0.39, 0.29) is 5.11 Å². The molecule has 0 aliphatic heterocycles. The summed E-state index contributed by atoms with van der Waals surface area (Å²) in [5.41, 5.74) is 3.20. The molecule has 2 aromatic heterocycles. The molecule has 4 rings (SSSR count). The molecule has 0 atom stereocenters. The Morgan fingerprint density at radius 3 is 1.69 bits per heavy atom. The number of anilines is 2. The van der Waals surface area contributed by atoms with Gasteiger partial charge in [0, 0.05) is 0 Å². The zero-order chi connectivity index (χ0) is 28.8. The molecule has 14 heteroatoms. The number of aromatic nitrogens is 4. The van der Waals surface area contributed by atoms with Gasteiger partial charge in [0.1, 0.15) is 0 Å². The van der Waals surface area contributed by atoms with E-state index in [1.165, 1.54) is 0 Å². The predicted molar refractivity (Wildman–Crippen MR) is 144 cm³/mol. The number of hydrogen-bond acceptors (Lipinski definition) is 3. The van der Waals surface area contributed by atoms with E-state index in [2.05, 4.69) is 20.8 Å². The molecule has 0 saturated heterocycles. The van der Waals surface area contributed by atoms with Crippen LogP contribution in [-0.2, 0) is 13.1 Å². The normalized spacial score (nSPS) is 11.3. The molecule has 0 amide bonds. The third-order valence-electron chi connectivity index (χ3n) is 6.16. The Balaban J connectivity index is 1.53. The highest BCUT2D eigenvalue weighted by Gasteiger charge is 2.27. The summed E-state index contributed by atoms with van der Waals surface area (Å²) in [4.78, 5) is 0. The van der Waals surface area contributed by atoms with Gasteiger partial charge >= 0.3 is 0 Å². The molecule has 0 radical (unpaired) electrons. The summed E-state index contributed by atoms with van der Waals surface area (Å²) in [6, 6.07) is 5.31. The van der Waals surface area contributed by atoms with Crippen LogP contribution in [0.2, 0.25) is 10.0 Å². The van der Waals surface area contributed by atoms with Gasteiger partial charge in [0.2, 0.25) is 5.82 Å². The molecule has 0 bridgehead atoms. The second kappa shape index (κ2) is 11.1. The highest BCUT2D eigenvalue weighted by molar-refractivity contribution is 7.80. The van der Waals surface area contributed by atoms with Gasteiger partial charge in [-0.3, -0.25) is 9.36 Å². The fourth-order valence-corrected chi connectivity index (χ4v) is 4.60. The number of aryl methyl sites for hydroxylation is 2. The van der Waals surface area contributed by atoms with Crippen molar-refractivity contribution in [2.75, 3.05) is 10.6 Å². The molecule has 6 nitrogen and oxygen atoms in total. The summed E-state index contributed by atoms with van der Waals surface area (Å²) in [6.07, 6.45) is 0. The summed E-state index contributed by atoms with van der Waals surface area (Å²) in [5, 5.41) is 15.9. The van der Waals surface area contributed by atoms with E-state index < -0.39 is 41.2 Å². The Labute approximate surface area is 235 Å². The molecule has 0 fully saturated rings. The number of thiocarbonyl (C=S) groups is 1. The van der Waals surface area contributed by atoms with Gasteiger partial charge in [-0.05, 0) is 57.6 Å². The SMILES string of the molecule is Cc1nn(Cc2ccc(Cl)c(Cl)c2)c(C)c1NC(=S)Nc1c(C)nn(Cc2c(F)c(F)c(F)c(F)c2F)c1C. The third kappa shape index (κ3) is 5.59. The minimum Gasteiger partial charge on any atom is -0.329 e. The number of nitrogens with one attached hydrogen (secondary N) is 2. The number of hydrogen-bond donors (Lipinski definition) is 2. The molecular formula is C25H21Cl2F5N6S. The molecule has 0 spiro atoms. The Morgan fingerprint density at radius 1 is 0.744 bits per heavy atom. The van der Waals surface area contributed by atoms with Crippen LogP contribution in [0, 0.1) is 56.8 Å². The topological polar surface area (TPSA) is 59.7 Å². The van der Waals surface area contributed by atoms with Crippen LogP contribution in [0.5, 0.6) is 0 Å². The van der Waals surface area contributed by atoms with E-state index in [1.807, 2.05) is 19.9 Å². The van der Waals surface area contributed by atoms with Crippen LogP contribution in [0.4, 0.5) is 33.3 Å². The van der Waals surface area contributed by atoms with Crippen molar-refractivity contribution in [2.24, 2.45) is 0 Å². The van der Waals surface area contributed by atoms with Crippen LogP contribution < -0.4 is 10.6 Å². The monoisotopic (exact) mass is 602 g/mol. The summed E-state index contributed by atoms with van der Waals surface area (Å²) < 4.78 is 72.0. The minimum atomic E-state index is -2.22. The first-order valence-electron chi connectivity index (χ1n) is 11.4. The molecule has 0 aliphatic rings. The van der Waals surface area contributed by atoms with E-state index in [4.69, 9.17) is 35.4 Å². The van der Waals surface area contributed by atoms with Crippen molar-refractivity contribution in [3.8, 4) is 0 Å². The van der Waals surface area contributed by atoms with Crippen molar-refractivity contribution in [3.63, 3.8) is 0 Å². The predicted octanol–water partition coefficient (Wildman–Crippen LogP) is 7.22. The molecule has 4 aromatic rings. The lowest BCUT2D eigenvalue weighted by atomic mass is 10.1. The van der Waals surface area contributed by atoms with Gasteiger partial charge in [0.05, 0.1) is 62.8 Å². The largest absolute Gasteiger partial charge is 0.329 e. The molecule has 2 N–H and O–H groups in total. The standard InChI is InChI=1S/C25H21Cl2F5N6S/c1-10-23(12(3)37(35-10)8-14-5-6-16(26)17(27)7-14)33-25(39)34-24-11(2)36-38(13(24)4)9-15-18(28)20(30)22(32)21(31)19(15)29/h5-7H,8-9H2,1-4H3,(H2,33,34,39). The van der Waals surface area contributed by atoms with Crippen LogP contribution in [0.1, 0.15) is 33.9 Å². The maximum atomic E-state index is 14.2. The minimum absolute atomic E-state index is 0.178. The van der Waals surface area contributed by atoms with Gasteiger partial charge < -0.3 is 10.6 Å². The third-order valence-corrected chi connectivity index (χ3v) is 7.11. The van der Waals surface area contributed by atoms with Gasteiger partial charge in [0.15, 0.2) is 28.4 Å². The van der Waals surface area contributed by atoms with E-state index in [0.717, 1.165) is 15.9 Å². The first-order chi connectivity index (χ1) is 18.3. The molecule has 2 heterocycles. The summed E-state index contributed by atoms with van der Waals surface area (Å²) in [5.74, 6) is -10.1. The van der Waals surface area contributed by atoms with E-state index in [0.29, 0.717) is 45.0 Å². The van der Waals surface area contributed by atoms with Gasteiger partial charge in [-0.2, -0.15) is 10.2 Å². The quantitative estimate of drug-likeness (QED) is 0.106. The fourth-order valence-electron chi connectivity index (χ4n) is 4.07. The van der Waals surface area contributed by atoms with Crippen molar-refractivity contribution in [2.45, 2.75) is 40.8 Å². The second-order valence-corrected chi connectivity index (χ2v) is 10.0. The summed E-state index contributed by atoms with van der Waals surface area (Å²) in [6.45, 7) is 6.61. The van der Waals surface area contributed by atoms with E-state index >= 15 is 0 Å². The van der Waals surface area contributed by atoms with Crippen LogP contribution in [0.25, 0.3) is 0 Å². The Bertz CT molecular complexity index is 1590. The first kappa shape index (κ1) is 28.8. The van der Waals surface area contributed by atoms with Crippen molar-refractivity contribution in [1.29, 1.82) is 0 Å². The molecule has 39 heavy (non-hydrogen) atoms.